The molecule has 1 aromatic carbocycles. The van der Waals surface area contributed by atoms with Crippen LogP contribution in [0, 0.1) is 0 Å². The molecule has 1 N–H and O–H groups in total. The van der Waals surface area contributed by atoms with E-state index < -0.39 is 39.5 Å². The predicted molar refractivity (Wildman–Crippen MR) is 121 cm³/mol. The van der Waals surface area contributed by atoms with Crippen molar-refractivity contribution in [2.24, 2.45) is 0 Å². The topological polar surface area (TPSA) is 83.0 Å². The number of benzene rings is 1. The Morgan fingerprint density at radius 2 is 1.97 bits per heavy atom. The minimum Gasteiger partial charge on any atom is -0.504 e. The van der Waals surface area contributed by atoms with Gasteiger partial charge in [0, 0.05) is 41.1 Å². The summed E-state index contributed by atoms with van der Waals surface area (Å²) in [6.07, 6.45) is -1.75. The molecule has 0 atom stereocenters. The summed E-state index contributed by atoms with van der Waals surface area (Å²) in [6, 6.07) is 5.22. The van der Waals surface area contributed by atoms with Crippen molar-refractivity contribution in [3.8, 4) is 0 Å². The van der Waals surface area contributed by atoms with Gasteiger partial charge in [0.05, 0.1) is 25.4 Å². The number of rotatable bonds is 5. The van der Waals surface area contributed by atoms with E-state index in [0.29, 0.717) is 30.6 Å². The van der Waals surface area contributed by atoms with Crippen molar-refractivity contribution in [3.63, 3.8) is 0 Å². The summed E-state index contributed by atoms with van der Waals surface area (Å²) >= 11 is 6.27. The number of pyridine rings is 1. The molecule has 1 fully saturated rings. The quantitative estimate of drug-likeness (QED) is 0.657. The molecule has 2 aliphatic rings. The van der Waals surface area contributed by atoms with Gasteiger partial charge in [0.1, 0.15) is 16.4 Å². The number of aliphatic hydroxyl groups excluding tert-OH is 1. The molecule has 2 aromatic rings. The van der Waals surface area contributed by atoms with Crippen LogP contribution in [0.2, 0.25) is 5.02 Å². The number of sulfonamides is 1. The summed E-state index contributed by atoms with van der Waals surface area (Å²) < 4.78 is 74.3. The lowest BCUT2D eigenvalue weighted by Gasteiger charge is -2.34. The molecule has 0 radical (unpaired) electrons. The van der Waals surface area contributed by atoms with Crippen molar-refractivity contribution in [3.05, 3.63) is 58.9 Å². The number of fused-ring (bicyclic) bond motifs is 1. The molecule has 0 unspecified atom stereocenters. The third kappa shape index (κ3) is 4.16. The Bertz CT molecular complexity index is 1250. The number of morpholine rings is 1. The van der Waals surface area contributed by atoms with Crippen molar-refractivity contribution < 1.29 is 31.4 Å². The van der Waals surface area contributed by atoms with Crippen LogP contribution < -0.4 is 9.21 Å². The van der Waals surface area contributed by atoms with E-state index in [9.17, 15) is 26.7 Å². The lowest BCUT2D eigenvalue weighted by Crippen LogP contribution is -2.39. The number of aliphatic hydroxyl groups is 1. The first-order chi connectivity index (χ1) is 15.6. The second kappa shape index (κ2) is 8.88. The van der Waals surface area contributed by atoms with Gasteiger partial charge in [0.25, 0.3) is 16.4 Å². The highest BCUT2D eigenvalue weighted by atomic mass is 35.5. The largest absolute Gasteiger partial charge is 0.504 e. The molecule has 33 heavy (non-hydrogen) atoms. The van der Waals surface area contributed by atoms with Crippen molar-refractivity contribution in [1.29, 1.82) is 0 Å². The average Bonchev–Trinajstić information content (AvgIpc) is 2.76. The van der Waals surface area contributed by atoms with Crippen molar-refractivity contribution in [2.45, 2.75) is 6.43 Å². The summed E-state index contributed by atoms with van der Waals surface area (Å²) in [6.45, 7) is 3.61. The van der Waals surface area contributed by atoms with Crippen molar-refractivity contribution in [2.75, 3.05) is 42.1 Å². The Morgan fingerprint density at radius 1 is 1.27 bits per heavy atom. The molecule has 2 aliphatic heterocycles. The summed E-state index contributed by atoms with van der Waals surface area (Å²) in [5.41, 5.74) is -0.718. The first kappa shape index (κ1) is 23.4. The van der Waals surface area contributed by atoms with Gasteiger partial charge < -0.3 is 14.7 Å². The number of anilines is 2. The Hall–Kier alpha value is -2.76. The minimum atomic E-state index is -4.76. The number of ether oxygens (including phenoxy) is 1. The molecule has 0 amide bonds. The summed E-state index contributed by atoms with van der Waals surface area (Å²) in [7, 11) is -4.76. The molecule has 1 aromatic heterocycles. The predicted octanol–water partition coefficient (Wildman–Crippen LogP) is 4.31. The van der Waals surface area contributed by atoms with Crippen molar-refractivity contribution >= 4 is 49.5 Å². The second-order valence-corrected chi connectivity index (χ2v) is 9.56. The fourth-order valence-electron chi connectivity index (χ4n) is 3.95. The maximum atomic E-state index is 14.8. The number of alkyl halides is 2. The first-order valence-corrected chi connectivity index (χ1v) is 11.7. The molecular weight excluding hydrogens is 483 g/mol. The maximum absolute atomic E-state index is 14.8. The first-order valence-electron chi connectivity index (χ1n) is 9.83. The second-order valence-electron chi connectivity index (χ2n) is 7.33. The fraction of sp³-hybridized carbons (Fsp3) is 0.286. The SMILES string of the molecule is C=C(F)c1c(C2=C(O)c3ncccc3N(CC(F)F)S2(=O)=O)cc(Cl)cc1N1CCOCC1. The zero-order valence-corrected chi connectivity index (χ0v) is 18.7. The van der Waals surface area contributed by atoms with Gasteiger partial charge in [0.15, 0.2) is 5.76 Å². The van der Waals surface area contributed by atoms with E-state index in [0.717, 1.165) is 6.07 Å². The Kier molecular flexibility index (Phi) is 6.30. The Morgan fingerprint density at radius 3 is 2.61 bits per heavy atom. The Balaban J connectivity index is 2.03. The molecule has 0 bridgehead atoms. The number of halogens is 4. The molecule has 0 aliphatic carbocycles. The van der Waals surface area contributed by atoms with E-state index in [4.69, 9.17) is 16.3 Å². The van der Waals surface area contributed by atoms with E-state index >= 15 is 0 Å². The standard InChI is InChI=1S/C21H19ClF3N3O4S/c1-12(23)18-14(9-13(22)10-16(18)27-5-7-32-8-6-27)21-20(29)19-15(3-2-4-26-19)28(11-17(24)25)33(21,30)31/h2-4,9-10,17,29H,1,5-8,11H2. The lowest BCUT2D eigenvalue weighted by atomic mass is 10.0. The molecule has 7 nitrogen and oxygen atoms in total. The summed E-state index contributed by atoms with van der Waals surface area (Å²) in [5.74, 6) is -1.78. The molecule has 3 heterocycles. The molecule has 4 rings (SSSR count). The van der Waals surface area contributed by atoms with E-state index in [-0.39, 0.29) is 33.2 Å². The van der Waals surface area contributed by atoms with Gasteiger partial charge in [-0.15, -0.1) is 0 Å². The van der Waals surface area contributed by atoms with Crippen LogP contribution in [0.15, 0.2) is 37.0 Å². The molecule has 0 saturated carbocycles. The summed E-state index contributed by atoms with van der Waals surface area (Å²) in [4.78, 5) is 4.94. The van der Waals surface area contributed by atoms with Crippen LogP contribution in [0.3, 0.4) is 0 Å². The number of nitrogens with zero attached hydrogens (tertiary/aromatic N) is 3. The normalized spacial score (nSPS) is 18.0. The molecule has 1 saturated heterocycles. The van der Waals surface area contributed by atoms with E-state index in [1.807, 2.05) is 0 Å². The lowest BCUT2D eigenvalue weighted by molar-refractivity contribution is 0.122. The van der Waals surface area contributed by atoms with Gasteiger partial charge >= 0.3 is 0 Å². The third-order valence-electron chi connectivity index (χ3n) is 5.30. The fourth-order valence-corrected chi connectivity index (χ4v) is 5.88. The van der Waals surface area contributed by atoms with Crippen LogP contribution in [0.25, 0.3) is 16.5 Å². The van der Waals surface area contributed by atoms with Gasteiger partial charge in [-0.3, -0.25) is 9.29 Å². The van der Waals surface area contributed by atoms with E-state index in [2.05, 4.69) is 11.6 Å². The van der Waals surface area contributed by atoms with Crippen molar-refractivity contribution in [1.82, 2.24) is 4.98 Å². The minimum absolute atomic E-state index is 0.0548. The van der Waals surface area contributed by atoms with E-state index in [1.165, 1.54) is 24.4 Å². The van der Waals surface area contributed by atoms with Gasteiger partial charge in [-0.2, -0.15) is 0 Å². The van der Waals surface area contributed by atoms with Crippen LogP contribution in [0.1, 0.15) is 16.8 Å². The van der Waals surface area contributed by atoms with Crippen LogP contribution in [0.4, 0.5) is 24.5 Å². The van der Waals surface area contributed by atoms with Gasteiger partial charge in [-0.1, -0.05) is 18.2 Å². The highest BCUT2D eigenvalue weighted by molar-refractivity contribution is 8.02. The van der Waals surface area contributed by atoms with Crippen LogP contribution in [-0.2, 0) is 14.8 Å². The van der Waals surface area contributed by atoms with Crippen LogP contribution in [-0.4, -0.2) is 57.8 Å². The van der Waals surface area contributed by atoms with Gasteiger partial charge in [0.2, 0.25) is 0 Å². The van der Waals surface area contributed by atoms with E-state index in [1.54, 1.807) is 4.90 Å². The average molecular weight is 502 g/mol. The molecular formula is C21H19ClF3N3O4S. The van der Waals surface area contributed by atoms with Gasteiger partial charge in [-0.25, -0.2) is 21.6 Å². The van der Waals surface area contributed by atoms with Crippen LogP contribution >= 0.6 is 11.6 Å². The Labute approximate surface area is 193 Å². The van der Waals surface area contributed by atoms with Crippen LogP contribution in [0.5, 0.6) is 0 Å². The smallest absolute Gasteiger partial charge is 0.268 e. The third-order valence-corrected chi connectivity index (χ3v) is 7.37. The number of hydrogen-bond acceptors (Lipinski definition) is 6. The number of hydrogen-bond donors (Lipinski definition) is 1. The molecule has 12 heteroatoms. The van der Waals surface area contributed by atoms with Gasteiger partial charge in [-0.05, 0) is 24.3 Å². The summed E-state index contributed by atoms with van der Waals surface area (Å²) in [5, 5.41) is 11.0. The zero-order chi connectivity index (χ0) is 23.9. The molecule has 176 valence electrons. The maximum Gasteiger partial charge on any atom is 0.268 e. The number of aromatic nitrogens is 1. The highest BCUT2D eigenvalue weighted by Crippen LogP contribution is 2.46. The highest BCUT2D eigenvalue weighted by Gasteiger charge is 2.42. The molecule has 0 spiro atoms. The monoisotopic (exact) mass is 501 g/mol. The zero-order valence-electron chi connectivity index (χ0n) is 17.1.